The Morgan fingerprint density at radius 3 is 2.32 bits per heavy atom. The van der Waals surface area contributed by atoms with Gasteiger partial charge in [-0.3, -0.25) is 5.43 Å². The second kappa shape index (κ2) is 7.77. The maximum absolute atomic E-state index is 5.86. The van der Waals surface area contributed by atoms with E-state index in [0.717, 1.165) is 22.7 Å². The molecule has 0 aliphatic carbocycles. The van der Waals surface area contributed by atoms with Gasteiger partial charge in [0.1, 0.15) is 5.75 Å². The van der Waals surface area contributed by atoms with Crippen molar-refractivity contribution in [1.82, 2.24) is 5.43 Å². The van der Waals surface area contributed by atoms with E-state index in [-0.39, 0.29) is 0 Å². The third-order valence-electron chi connectivity index (χ3n) is 2.94. The van der Waals surface area contributed by atoms with Gasteiger partial charge in [-0.05, 0) is 61.1 Å². The van der Waals surface area contributed by atoms with Crippen LogP contribution >= 0.6 is 23.8 Å². The van der Waals surface area contributed by atoms with Crippen molar-refractivity contribution in [3.05, 3.63) is 59.1 Å². The summed E-state index contributed by atoms with van der Waals surface area (Å²) in [4.78, 5) is 0. The minimum absolute atomic E-state index is 0.415. The van der Waals surface area contributed by atoms with Crippen molar-refractivity contribution in [2.75, 3.05) is 12.4 Å². The van der Waals surface area contributed by atoms with Crippen LogP contribution in [0.15, 0.2) is 53.6 Å². The fourth-order valence-electron chi connectivity index (χ4n) is 1.72. The first-order valence-electron chi connectivity index (χ1n) is 6.60. The van der Waals surface area contributed by atoms with Gasteiger partial charge in [0.15, 0.2) is 5.11 Å². The molecule has 22 heavy (non-hydrogen) atoms. The maximum Gasteiger partial charge on any atom is 0.191 e. The van der Waals surface area contributed by atoms with Crippen LogP contribution in [0, 0.1) is 0 Å². The molecule has 0 atom stereocenters. The standard InChI is InChI=1S/C16H16ClN3OS/c1-11(12-3-5-13(17)6-4-12)19-20-16(22)18-14-7-9-15(21-2)10-8-14/h3-10H,1-2H3,(H2,18,20,22)/b19-11+. The first-order chi connectivity index (χ1) is 10.6. The molecule has 0 fully saturated rings. The first kappa shape index (κ1) is 16.3. The van der Waals surface area contributed by atoms with Crippen molar-refractivity contribution in [3.63, 3.8) is 0 Å². The highest BCUT2D eigenvalue weighted by atomic mass is 35.5. The van der Waals surface area contributed by atoms with Crippen LogP contribution in [0.1, 0.15) is 12.5 Å². The Bertz CT molecular complexity index is 669. The van der Waals surface area contributed by atoms with Crippen LogP contribution in [0.5, 0.6) is 5.75 Å². The van der Waals surface area contributed by atoms with Gasteiger partial charge in [-0.1, -0.05) is 23.7 Å². The Kier molecular flexibility index (Phi) is 5.75. The zero-order valence-corrected chi connectivity index (χ0v) is 13.8. The summed E-state index contributed by atoms with van der Waals surface area (Å²) in [5, 5.41) is 8.41. The van der Waals surface area contributed by atoms with Crippen molar-refractivity contribution in [3.8, 4) is 5.75 Å². The predicted octanol–water partition coefficient (Wildman–Crippen LogP) is 4.06. The SMILES string of the molecule is COc1ccc(NC(=S)N/N=C(\C)c2ccc(Cl)cc2)cc1. The fourth-order valence-corrected chi connectivity index (χ4v) is 2.01. The molecular weight excluding hydrogens is 318 g/mol. The van der Waals surface area contributed by atoms with Crippen LogP contribution in [0.2, 0.25) is 5.02 Å². The summed E-state index contributed by atoms with van der Waals surface area (Å²) in [5.41, 5.74) is 5.47. The minimum atomic E-state index is 0.415. The molecule has 2 rings (SSSR count). The number of rotatable bonds is 4. The van der Waals surface area contributed by atoms with Crippen LogP contribution in [-0.4, -0.2) is 17.9 Å². The molecule has 0 radical (unpaired) electrons. The molecule has 0 amide bonds. The van der Waals surface area contributed by atoms with Gasteiger partial charge in [-0.15, -0.1) is 0 Å². The Labute approximate surface area is 140 Å². The largest absolute Gasteiger partial charge is 0.497 e. The Balaban J connectivity index is 1.93. The molecule has 0 spiro atoms. The highest BCUT2D eigenvalue weighted by molar-refractivity contribution is 7.80. The Morgan fingerprint density at radius 1 is 1.09 bits per heavy atom. The van der Waals surface area contributed by atoms with Crippen molar-refractivity contribution >= 4 is 40.3 Å². The molecule has 6 heteroatoms. The molecule has 0 aliphatic heterocycles. The zero-order chi connectivity index (χ0) is 15.9. The number of hydrogen-bond donors (Lipinski definition) is 2. The van der Waals surface area contributed by atoms with E-state index in [2.05, 4.69) is 15.8 Å². The summed E-state index contributed by atoms with van der Waals surface area (Å²) in [6.45, 7) is 1.90. The van der Waals surface area contributed by atoms with E-state index in [1.807, 2.05) is 55.5 Å². The van der Waals surface area contributed by atoms with Gasteiger partial charge in [-0.25, -0.2) is 0 Å². The molecule has 0 aromatic heterocycles. The number of methoxy groups -OCH3 is 1. The van der Waals surface area contributed by atoms with Crippen molar-refractivity contribution in [2.45, 2.75) is 6.92 Å². The molecule has 2 aromatic carbocycles. The molecule has 0 bridgehead atoms. The molecule has 114 valence electrons. The summed E-state index contributed by atoms with van der Waals surface area (Å²) >= 11 is 11.1. The molecule has 0 heterocycles. The van der Waals surface area contributed by atoms with Gasteiger partial charge < -0.3 is 10.1 Å². The van der Waals surface area contributed by atoms with Gasteiger partial charge >= 0.3 is 0 Å². The third-order valence-corrected chi connectivity index (χ3v) is 3.38. The van der Waals surface area contributed by atoms with Crippen LogP contribution in [0.4, 0.5) is 5.69 Å². The lowest BCUT2D eigenvalue weighted by Crippen LogP contribution is -2.24. The molecule has 0 unspecified atom stereocenters. The van der Waals surface area contributed by atoms with E-state index in [1.165, 1.54) is 0 Å². The average molecular weight is 334 g/mol. The monoisotopic (exact) mass is 333 g/mol. The quantitative estimate of drug-likeness (QED) is 0.503. The summed E-state index contributed by atoms with van der Waals surface area (Å²) in [7, 11) is 1.63. The fraction of sp³-hybridized carbons (Fsp3) is 0.125. The van der Waals surface area contributed by atoms with Crippen LogP contribution < -0.4 is 15.5 Å². The number of halogens is 1. The highest BCUT2D eigenvalue weighted by Gasteiger charge is 2.00. The number of hydrazone groups is 1. The van der Waals surface area contributed by atoms with Crippen molar-refractivity contribution in [2.24, 2.45) is 5.10 Å². The second-order valence-electron chi connectivity index (χ2n) is 4.50. The van der Waals surface area contributed by atoms with Crippen molar-refractivity contribution in [1.29, 1.82) is 0 Å². The van der Waals surface area contributed by atoms with E-state index < -0.39 is 0 Å². The van der Waals surface area contributed by atoms with Gasteiger partial charge in [0.05, 0.1) is 12.8 Å². The van der Waals surface area contributed by atoms with Crippen LogP contribution in [-0.2, 0) is 0 Å². The van der Waals surface area contributed by atoms with E-state index in [1.54, 1.807) is 7.11 Å². The highest BCUT2D eigenvalue weighted by Crippen LogP contribution is 2.14. The number of nitrogens with zero attached hydrogens (tertiary/aromatic N) is 1. The molecule has 2 N–H and O–H groups in total. The Morgan fingerprint density at radius 2 is 1.73 bits per heavy atom. The third kappa shape index (κ3) is 4.72. The van der Waals surface area contributed by atoms with E-state index in [9.17, 15) is 0 Å². The number of benzene rings is 2. The molecule has 2 aromatic rings. The van der Waals surface area contributed by atoms with Gasteiger partial charge in [0.25, 0.3) is 0 Å². The van der Waals surface area contributed by atoms with Gasteiger partial charge in [0, 0.05) is 10.7 Å². The lowest BCUT2D eigenvalue weighted by molar-refractivity contribution is 0.415. The first-order valence-corrected chi connectivity index (χ1v) is 7.38. The van der Waals surface area contributed by atoms with Crippen molar-refractivity contribution < 1.29 is 4.74 Å². The molecule has 4 nitrogen and oxygen atoms in total. The van der Waals surface area contributed by atoms with Crippen LogP contribution in [0.25, 0.3) is 0 Å². The number of nitrogens with one attached hydrogen (secondary N) is 2. The number of hydrogen-bond acceptors (Lipinski definition) is 3. The number of anilines is 1. The number of ether oxygens (including phenoxy) is 1. The smallest absolute Gasteiger partial charge is 0.191 e. The average Bonchev–Trinajstić information content (AvgIpc) is 2.54. The van der Waals surface area contributed by atoms with E-state index in [0.29, 0.717) is 10.1 Å². The molecular formula is C16H16ClN3OS. The maximum atomic E-state index is 5.86. The normalized spacial score (nSPS) is 11.0. The zero-order valence-electron chi connectivity index (χ0n) is 12.3. The lowest BCUT2D eigenvalue weighted by atomic mass is 10.1. The topological polar surface area (TPSA) is 45.6 Å². The summed E-state index contributed by atoms with van der Waals surface area (Å²) < 4.78 is 5.10. The summed E-state index contributed by atoms with van der Waals surface area (Å²) in [6, 6.07) is 14.9. The molecule has 0 aliphatic rings. The minimum Gasteiger partial charge on any atom is -0.497 e. The van der Waals surface area contributed by atoms with E-state index in [4.69, 9.17) is 28.6 Å². The lowest BCUT2D eigenvalue weighted by Gasteiger charge is -2.09. The summed E-state index contributed by atoms with van der Waals surface area (Å²) in [6.07, 6.45) is 0. The molecule has 0 saturated carbocycles. The van der Waals surface area contributed by atoms with E-state index >= 15 is 0 Å². The number of thiocarbonyl (C=S) groups is 1. The van der Waals surface area contributed by atoms with Crippen LogP contribution in [0.3, 0.4) is 0 Å². The second-order valence-corrected chi connectivity index (χ2v) is 5.34. The molecule has 0 saturated heterocycles. The Hall–Kier alpha value is -2.11. The predicted molar refractivity (Wildman–Crippen MR) is 96.0 cm³/mol. The summed E-state index contributed by atoms with van der Waals surface area (Å²) in [5.74, 6) is 0.793. The van der Waals surface area contributed by atoms with Gasteiger partial charge in [-0.2, -0.15) is 5.10 Å². The van der Waals surface area contributed by atoms with Gasteiger partial charge in [0.2, 0.25) is 0 Å².